The Morgan fingerprint density at radius 1 is 0.964 bits per heavy atom. The summed E-state index contributed by atoms with van der Waals surface area (Å²) in [5.41, 5.74) is 3.60. The number of anilines is 1. The minimum absolute atomic E-state index is 0.156. The number of carbonyl (C=O) groups is 1. The first-order valence-corrected chi connectivity index (χ1v) is 9.86. The Bertz CT molecular complexity index is 811. The van der Waals surface area contributed by atoms with Crippen molar-refractivity contribution in [3.05, 3.63) is 53.6 Å². The quantitative estimate of drug-likeness (QED) is 0.764. The van der Waals surface area contributed by atoms with Crippen LogP contribution in [0, 0.1) is 0 Å². The van der Waals surface area contributed by atoms with Crippen molar-refractivity contribution in [2.24, 2.45) is 0 Å². The maximum absolute atomic E-state index is 12.8. The lowest BCUT2D eigenvalue weighted by Gasteiger charge is -2.37. The summed E-state index contributed by atoms with van der Waals surface area (Å²) in [4.78, 5) is 17.1. The fourth-order valence-electron chi connectivity index (χ4n) is 3.74. The molecule has 0 atom stereocenters. The van der Waals surface area contributed by atoms with Gasteiger partial charge in [0.2, 0.25) is 5.91 Å². The van der Waals surface area contributed by atoms with Crippen molar-refractivity contribution < 1.29 is 14.3 Å². The van der Waals surface area contributed by atoms with Gasteiger partial charge in [-0.15, -0.1) is 0 Å². The molecule has 0 unspecified atom stereocenters. The predicted molar refractivity (Wildman–Crippen MR) is 113 cm³/mol. The standard InChI is InChI=1S/C23H30N2O3/c1-17(2)19-7-5-6-8-20(19)24-11-13-25(14-12-24)23(26)16-18-9-10-21(27-3)22(15-18)28-4/h5-10,15,17H,11-14,16H2,1-4H3. The van der Waals surface area contributed by atoms with Crippen molar-refractivity contribution in [3.63, 3.8) is 0 Å². The highest BCUT2D eigenvalue weighted by molar-refractivity contribution is 5.79. The van der Waals surface area contributed by atoms with Gasteiger partial charge < -0.3 is 19.3 Å². The average molecular weight is 383 g/mol. The van der Waals surface area contributed by atoms with Crippen LogP contribution in [-0.2, 0) is 11.2 Å². The summed E-state index contributed by atoms with van der Waals surface area (Å²) in [5, 5.41) is 0. The van der Waals surface area contributed by atoms with Crippen molar-refractivity contribution in [3.8, 4) is 11.5 Å². The first-order valence-electron chi connectivity index (χ1n) is 9.86. The molecule has 2 aromatic carbocycles. The molecule has 0 spiro atoms. The Balaban J connectivity index is 1.62. The van der Waals surface area contributed by atoms with Crippen LogP contribution in [-0.4, -0.2) is 51.2 Å². The molecule has 0 aliphatic carbocycles. The summed E-state index contributed by atoms with van der Waals surface area (Å²) < 4.78 is 10.6. The van der Waals surface area contributed by atoms with Crippen molar-refractivity contribution in [2.45, 2.75) is 26.2 Å². The van der Waals surface area contributed by atoms with Crippen LogP contribution in [0.3, 0.4) is 0 Å². The number of amides is 1. The first-order chi connectivity index (χ1) is 13.5. The molecule has 1 aliphatic heterocycles. The van der Waals surface area contributed by atoms with E-state index >= 15 is 0 Å². The van der Waals surface area contributed by atoms with Crippen molar-refractivity contribution in [2.75, 3.05) is 45.3 Å². The number of methoxy groups -OCH3 is 2. The number of piperazine rings is 1. The molecular weight excluding hydrogens is 352 g/mol. The third kappa shape index (κ3) is 4.41. The van der Waals surface area contributed by atoms with Gasteiger partial charge in [-0.05, 0) is 35.2 Å². The van der Waals surface area contributed by atoms with E-state index in [0.717, 1.165) is 31.7 Å². The largest absolute Gasteiger partial charge is 0.493 e. The van der Waals surface area contributed by atoms with E-state index < -0.39 is 0 Å². The fraction of sp³-hybridized carbons (Fsp3) is 0.435. The van der Waals surface area contributed by atoms with Gasteiger partial charge in [-0.3, -0.25) is 4.79 Å². The first kappa shape index (κ1) is 20.1. The van der Waals surface area contributed by atoms with Gasteiger partial charge in [0, 0.05) is 31.9 Å². The normalized spacial score (nSPS) is 14.3. The van der Waals surface area contributed by atoms with E-state index in [9.17, 15) is 4.79 Å². The van der Waals surface area contributed by atoms with Crippen LogP contribution in [0.25, 0.3) is 0 Å². The summed E-state index contributed by atoms with van der Waals surface area (Å²) in [5.74, 6) is 1.98. The third-order valence-electron chi connectivity index (χ3n) is 5.34. The van der Waals surface area contributed by atoms with Crippen LogP contribution in [0.1, 0.15) is 30.9 Å². The molecule has 1 saturated heterocycles. The monoisotopic (exact) mass is 382 g/mol. The van der Waals surface area contributed by atoms with E-state index in [1.807, 2.05) is 23.1 Å². The van der Waals surface area contributed by atoms with Crippen LogP contribution in [0.2, 0.25) is 0 Å². The van der Waals surface area contributed by atoms with Gasteiger partial charge in [0.15, 0.2) is 11.5 Å². The van der Waals surface area contributed by atoms with Crippen molar-refractivity contribution in [1.29, 1.82) is 0 Å². The minimum atomic E-state index is 0.156. The van der Waals surface area contributed by atoms with E-state index in [2.05, 4.69) is 43.0 Å². The second-order valence-corrected chi connectivity index (χ2v) is 7.45. The topological polar surface area (TPSA) is 42.0 Å². The van der Waals surface area contributed by atoms with Gasteiger partial charge in [-0.25, -0.2) is 0 Å². The maximum Gasteiger partial charge on any atom is 0.227 e. The highest BCUT2D eigenvalue weighted by Crippen LogP contribution is 2.29. The number of hydrogen-bond acceptors (Lipinski definition) is 4. The molecule has 1 aliphatic rings. The molecule has 3 rings (SSSR count). The SMILES string of the molecule is COc1ccc(CC(=O)N2CCN(c3ccccc3C(C)C)CC2)cc1OC. The molecule has 1 fully saturated rings. The molecule has 0 bridgehead atoms. The Labute approximate surface area is 167 Å². The van der Waals surface area contributed by atoms with Crippen molar-refractivity contribution >= 4 is 11.6 Å². The van der Waals surface area contributed by atoms with Gasteiger partial charge >= 0.3 is 0 Å². The average Bonchev–Trinajstić information content (AvgIpc) is 2.73. The van der Waals surface area contributed by atoms with Crippen LogP contribution in [0.15, 0.2) is 42.5 Å². The Morgan fingerprint density at radius 2 is 1.64 bits per heavy atom. The van der Waals surface area contributed by atoms with Crippen LogP contribution in [0.5, 0.6) is 11.5 Å². The lowest BCUT2D eigenvalue weighted by Crippen LogP contribution is -2.49. The zero-order valence-electron chi connectivity index (χ0n) is 17.3. The molecule has 2 aromatic rings. The number of para-hydroxylation sites is 1. The number of rotatable bonds is 6. The van der Waals surface area contributed by atoms with E-state index in [0.29, 0.717) is 23.8 Å². The molecule has 5 nitrogen and oxygen atoms in total. The maximum atomic E-state index is 12.8. The van der Waals surface area contributed by atoms with E-state index in [4.69, 9.17) is 9.47 Å². The van der Waals surface area contributed by atoms with Gasteiger partial charge in [0.25, 0.3) is 0 Å². The van der Waals surface area contributed by atoms with Gasteiger partial charge in [-0.1, -0.05) is 38.1 Å². The summed E-state index contributed by atoms with van der Waals surface area (Å²) in [6.07, 6.45) is 0.378. The van der Waals surface area contributed by atoms with E-state index in [1.165, 1.54) is 11.3 Å². The smallest absolute Gasteiger partial charge is 0.227 e. The highest BCUT2D eigenvalue weighted by atomic mass is 16.5. The number of hydrogen-bond donors (Lipinski definition) is 0. The molecule has 5 heteroatoms. The van der Waals surface area contributed by atoms with Gasteiger partial charge in [0.1, 0.15) is 0 Å². The number of carbonyl (C=O) groups excluding carboxylic acids is 1. The molecular formula is C23H30N2O3. The molecule has 1 amide bonds. The van der Waals surface area contributed by atoms with E-state index in [1.54, 1.807) is 14.2 Å². The Morgan fingerprint density at radius 3 is 2.29 bits per heavy atom. The predicted octanol–water partition coefficient (Wildman–Crippen LogP) is 3.72. The highest BCUT2D eigenvalue weighted by Gasteiger charge is 2.23. The number of ether oxygens (including phenoxy) is 2. The van der Waals surface area contributed by atoms with Gasteiger partial charge in [0.05, 0.1) is 20.6 Å². The van der Waals surface area contributed by atoms with Crippen LogP contribution < -0.4 is 14.4 Å². The third-order valence-corrected chi connectivity index (χ3v) is 5.34. The molecule has 0 aromatic heterocycles. The lowest BCUT2D eigenvalue weighted by molar-refractivity contribution is -0.130. The Kier molecular flexibility index (Phi) is 6.45. The molecule has 150 valence electrons. The van der Waals surface area contributed by atoms with Crippen LogP contribution >= 0.6 is 0 Å². The fourth-order valence-corrected chi connectivity index (χ4v) is 3.74. The molecule has 0 radical (unpaired) electrons. The zero-order valence-corrected chi connectivity index (χ0v) is 17.3. The molecule has 28 heavy (non-hydrogen) atoms. The van der Waals surface area contributed by atoms with Crippen LogP contribution in [0.4, 0.5) is 5.69 Å². The summed E-state index contributed by atoms with van der Waals surface area (Å²) in [6.45, 7) is 7.67. The number of nitrogens with zero attached hydrogens (tertiary/aromatic N) is 2. The zero-order chi connectivity index (χ0) is 20.1. The second-order valence-electron chi connectivity index (χ2n) is 7.45. The minimum Gasteiger partial charge on any atom is -0.493 e. The number of benzene rings is 2. The second kappa shape index (κ2) is 9.00. The summed E-state index contributed by atoms with van der Waals surface area (Å²) >= 11 is 0. The van der Waals surface area contributed by atoms with E-state index in [-0.39, 0.29) is 5.91 Å². The summed E-state index contributed by atoms with van der Waals surface area (Å²) in [6, 6.07) is 14.2. The van der Waals surface area contributed by atoms with Crippen molar-refractivity contribution in [1.82, 2.24) is 4.90 Å². The molecule has 0 saturated carbocycles. The lowest BCUT2D eigenvalue weighted by atomic mass is 10.00. The van der Waals surface area contributed by atoms with Gasteiger partial charge in [-0.2, -0.15) is 0 Å². The summed E-state index contributed by atoms with van der Waals surface area (Å²) in [7, 11) is 3.22. The Hall–Kier alpha value is -2.69. The molecule has 0 N–H and O–H groups in total. The molecule has 1 heterocycles.